The van der Waals surface area contributed by atoms with Crippen molar-refractivity contribution < 1.29 is 22.4 Å². The highest BCUT2D eigenvalue weighted by Gasteiger charge is 2.41. The lowest BCUT2D eigenvalue weighted by Gasteiger charge is -2.34. The van der Waals surface area contributed by atoms with E-state index in [2.05, 4.69) is 27.1 Å². The maximum atomic E-state index is 14.2. The second kappa shape index (κ2) is 10.6. The molecule has 0 atom stereocenters. The van der Waals surface area contributed by atoms with Gasteiger partial charge >= 0.3 is 6.18 Å². The van der Waals surface area contributed by atoms with Crippen molar-refractivity contribution in [2.75, 3.05) is 32.7 Å². The summed E-state index contributed by atoms with van der Waals surface area (Å²) >= 11 is 0. The molecule has 1 fully saturated rings. The molecule has 1 aliphatic heterocycles. The van der Waals surface area contributed by atoms with Crippen LogP contribution in [0.5, 0.6) is 0 Å². The molecule has 4 rings (SSSR count). The number of carbonyl (C=O) groups is 1. The number of carbonyl (C=O) groups excluding carboxylic acids is 1. The van der Waals surface area contributed by atoms with Gasteiger partial charge in [-0.05, 0) is 29.8 Å². The van der Waals surface area contributed by atoms with Crippen molar-refractivity contribution in [1.29, 1.82) is 0 Å². The average Bonchev–Trinajstić information content (AvgIpc) is 3.30. The highest BCUT2D eigenvalue weighted by atomic mass is 19.4. The van der Waals surface area contributed by atoms with Crippen LogP contribution < -0.4 is 5.32 Å². The Balaban J connectivity index is 1.51. The van der Waals surface area contributed by atoms with E-state index in [0.29, 0.717) is 11.2 Å². The number of amides is 1. The number of halogens is 4. The average molecular weight is 490 g/mol. The van der Waals surface area contributed by atoms with E-state index in [9.17, 15) is 22.4 Å². The molecule has 1 saturated heterocycles. The Labute approximate surface area is 201 Å². The van der Waals surface area contributed by atoms with Crippen LogP contribution in [-0.2, 0) is 19.3 Å². The predicted molar refractivity (Wildman–Crippen MR) is 124 cm³/mol. The first kappa shape index (κ1) is 24.9. The van der Waals surface area contributed by atoms with Crippen LogP contribution in [-0.4, -0.2) is 58.2 Å². The van der Waals surface area contributed by atoms with Gasteiger partial charge < -0.3 is 10.2 Å². The van der Waals surface area contributed by atoms with Crippen LogP contribution in [0.4, 0.5) is 17.6 Å². The van der Waals surface area contributed by atoms with Crippen LogP contribution in [0.3, 0.4) is 0 Å². The fourth-order valence-electron chi connectivity index (χ4n) is 4.25. The summed E-state index contributed by atoms with van der Waals surface area (Å²) in [6, 6.07) is 12.5. The summed E-state index contributed by atoms with van der Waals surface area (Å²) in [5.41, 5.74) is -0.520. The Morgan fingerprint density at radius 1 is 0.971 bits per heavy atom. The van der Waals surface area contributed by atoms with Crippen molar-refractivity contribution in [2.24, 2.45) is 0 Å². The number of benzene rings is 2. The third kappa shape index (κ3) is 5.71. The number of likely N-dealkylation sites (N-methyl/N-ethyl adjacent to an activating group) is 1. The molecule has 0 aliphatic carbocycles. The number of para-hydroxylation sites is 1. The second-order valence-corrected chi connectivity index (χ2v) is 8.43. The first-order valence-electron chi connectivity index (χ1n) is 11.5. The van der Waals surface area contributed by atoms with E-state index in [-0.39, 0.29) is 12.2 Å². The smallest absolute Gasteiger partial charge is 0.348 e. The number of rotatable bonds is 7. The van der Waals surface area contributed by atoms with E-state index >= 15 is 0 Å². The highest BCUT2D eigenvalue weighted by molar-refractivity contribution is 5.95. The van der Waals surface area contributed by atoms with Gasteiger partial charge in [0.15, 0.2) is 5.69 Å². The largest absolute Gasteiger partial charge is 0.434 e. The van der Waals surface area contributed by atoms with Crippen LogP contribution in [0.15, 0.2) is 54.7 Å². The summed E-state index contributed by atoms with van der Waals surface area (Å²) in [5, 5.41) is 6.27. The van der Waals surface area contributed by atoms with Gasteiger partial charge in [0, 0.05) is 39.3 Å². The van der Waals surface area contributed by atoms with Crippen LogP contribution in [0.2, 0.25) is 0 Å². The molecule has 35 heavy (non-hydrogen) atoms. The van der Waals surface area contributed by atoms with Crippen LogP contribution in [0, 0.1) is 5.82 Å². The standard InChI is InChI=1S/C25H27F4N5O/c1-2-32-11-13-33(14-12-32)17-19-8-4-3-7-18(19)15-30-24(35)20-16-31-34(23(20)25(27,28)29)22-10-6-5-9-21(22)26/h3-10,16H,2,11-15,17H2,1H3,(H,30,35). The molecule has 1 aromatic heterocycles. The normalized spacial score (nSPS) is 15.3. The van der Waals surface area contributed by atoms with E-state index in [1.54, 1.807) is 0 Å². The lowest BCUT2D eigenvalue weighted by atomic mass is 10.1. The summed E-state index contributed by atoms with van der Waals surface area (Å²) < 4.78 is 56.3. The number of piperazine rings is 1. The summed E-state index contributed by atoms with van der Waals surface area (Å²) in [5.74, 6) is -1.80. The topological polar surface area (TPSA) is 53.4 Å². The van der Waals surface area contributed by atoms with E-state index < -0.39 is 29.2 Å². The van der Waals surface area contributed by atoms with Crippen molar-refractivity contribution in [2.45, 2.75) is 26.2 Å². The number of alkyl halides is 3. The van der Waals surface area contributed by atoms with E-state index in [1.807, 2.05) is 24.3 Å². The molecule has 0 bridgehead atoms. The fraction of sp³-hybridized carbons (Fsp3) is 0.360. The number of hydrogen-bond donors (Lipinski definition) is 1. The molecule has 1 N–H and O–H groups in total. The van der Waals surface area contributed by atoms with Gasteiger partial charge in [-0.2, -0.15) is 18.3 Å². The SMILES string of the molecule is CCN1CCN(Cc2ccccc2CNC(=O)c2cnn(-c3ccccc3F)c2C(F)(F)F)CC1. The first-order valence-corrected chi connectivity index (χ1v) is 11.5. The van der Waals surface area contributed by atoms with Gasteiger partial charge in [0.25, 0.3) is 5.91 Å². The summed E-state index contributed by atoms with van der Waals surface area (Å²) in [4.78, 5) is 17.5. The lowest BCUT2D eigenvalue weighted by molar-refractivity contribution is -0.143. The Morgan fingerprint density at radius 2 is 1.60 bits per heavy atom. The monoisotopic (exact) mass is 489 g/mol. The first-order chi connectivity index (χ1) is 16.8. The zero-order valence-electron chi connectivity index (χ0n) is 19.4. The van der Waals surface area contributed by atoms with Gasteiger partial charge in [-0.3, -0.25) is 9.69 Å². The van der Waals surface area contributed by atoms with Crippen LogP contribution in [0.25, 0.3) is 5.69 Å². The Kier molecular flexibility index (Phi) is 7.51. The minimum absolute atomic E-state index is 0.0616. The van der Waals surface area contributed by atoms with Gasteiger partial charge in [0.05, 0.1) is 11.8 Å². The zero-order chi connectivity index (χ0) is 25.0. The molecule has 0 spiro atoms. The lowest BCUT2D eigenvalue weighted by Crippen LogP contribution is -2.45. The molecule has 0 unspecified atom stereocenters. The molecule has 10 heteroatoms. The summed E-state index contributed by atoms with van der Waals surface area (Å²) in [6.07, 6.45) is -4.09. The van der Waals surface area contributed by atoms with Crippen LogP contribution >= 0.6 is 0 Å². The Bertz CT molecular complexity index is 1170. The molecular weight excluding hydrogens is 462 g/mol. The van der Waals surface area contributed by atoms with Crippen molar-refractivity contribution in [1.82, 2.24) is 24.9 Å². The van der Waals surface area contributed by atoms with Gasteiger partial charge in [-0.1, -0.05) is 43.3 Å². The van der Waals surface area contributed by atoms with E-state index in [4.69, 9.17) is 0 Å². The third-order valence-electron chi connectivity index (χ3n) is 6.23. The van der Waals surface area contributed by atoms with Gasteiger partial charge in [0.2, 0.25) is 0 Å². The van der Waals surface area contributed by atoms with Crippen molar-refractivity contribution in [3.8, 4) is 5.69 Å². The summed E-state index contributed by atoms with van der Waals surface area (Å²) in [7, 11) is 0. The fourth-order valence-corrected chi connectivity index (χ4v) is 4.25. The minimum atomic E-state index is -4.91. The zero-order valence-corrected chi connectivity index (χ0v) is 19.4. The Hall–Kier alpha value is -3.24. The Morgan fingerprint density at radius 3 is 2.26 bits per heavy atom. The molecule has 0 saturated carbocycles. The van der Waals surface area contributed by atoms with Crippen molar-refractivity contribution >= 4 is 5.91 Å². The number of hydrogen-bond acceptors (Lipinski definition) is 4. The molecule has 0 radical (unpaired) electrons. The third-order valence-corrected chi connectivity index (χ3v) is 6.23. The molecule has 1 aliphatic rings. The maximum Gasteiger partial charge on any atom is 0.434 e. The van der Waals surface area contributed by atoms with Crippen LogP contribution in [0.1, 0.15) is 34.1 Å². The van der Waals surface area contributed by atoms with Gasteiger partial charge in [-0.25, -0.2) is 9.07 Å². The molecule has 1 amide bonds. The number of nitrogens with zero attached hydrogens (tertiary/aromatic N) is 4. The molecular formula is C25H27F4N5O. The highest BCUT2D eigenvalue weighted by Crippen LogP contribution is 2.34. The van der Waals surface area contributed by atoms with E-state index in [1.165, 1.54) is 18.2 Å². The molecule has 3 aromatic rings. The second-order valence-electron chi connectivity index (χ2n) is 8.43. The maximum absolute atomic E-state index is 14.2. The number of aromatic nitrogens is 2. The number of nitrogens with one attached hydrogen (secondary N) is 1. The minimum Gasteiger partial charge on any atom is -0.348 e. The van der Waals surface area contributed by atoms with Crippen molar-refractivity contribution in [3.63, 3.8) is 0 Å². The van der Waals surface area contributed by atoms with Gasteiger partial charge in [0.1, 0.15) is 11.5 Å². The molecule has 2 heterocycles. The molecule has 6 nitrogen and oxygen atoms in total. The predicted octanol–water partition coefficient (Wildman–Crippen LogP) is 4.10. The molecule has 2 aromatic carbocycles. The van der Waals surface area contributed by atoms with E-state index in [0.717, 1.165) is 56.1 Å². The van der Waals surface area contributed by atoms with Gasteiger partial charge in [-0.15, -0.1) is 0 Å². The quantitative estimate of drug-likeness (QED) is 0.508. The summed E-state index contributed by atoms with van der Waals surface area (Å²) in [6.45, 7) is 7.75. The molecule has 186 valence electrons. The van der Waals surface area contributed by atoms with Crippen molar-refractivity contribution in [3.05, 3.63) is 82.9 Å².